The molecule has 1 fully saturated rings. The van der Waals surface area contributed by atoms with E-state index < -0.39 is 17.2 Å². The van der Waals surface area contributed by atoms with Crippen LogP contribution in [0.2, 0.25) is 0 Å². The van der Waals surface area contributed by atoms with Crippen molar-refractivity contribution in [2.75, 3.05) is 13.7 Å². The highest BCUT2D eigenvalue weighted by Crippen LogP contribution is 2.30. The highest BCUT2D eigenvalue weighted by molar-refractivity contribution is 5.78. The van der Waals surface area contributed by atoms with Crippen molar-refractivity contribution >= 4 is 11.9 Å². The summed E-state index contributed by atoms with van der Waals surface area (Å²) in [4.78, 5) is 22.9. The Bertz CT molecular complexity index is 297. The van der Waals surface area contributed by atoms with Crippen molar-refractivity contribution in [3.63, 3.8) is 0 Å². The molecule has 0 saturated carbocycles. The Morgan fingerprint density at radius 2 is 2.19 bits per heavy atom. The molecule has 0 radical (unpaired) electrons. The van der Waals surface area contributed by atoms with Crippen molar-refractivity contribution in [3.8, 4) is 0 Å². The van der Waals surface area contributed by atoms with Gasteiger partial charge in [-0.15, -0.1) is 0 Å². The summed E-state index contributed by atoms with van der Waals surface area (Å²) in [6.45, 7) is 5.44. The average Bonchev–Trinajstić information content (AvgIpc) is 2.60. The lowest BCUT2D eigenvalue weighted by Crippen LogP contribution is -2.41. The topological polar surface area (TPSA) is 61.8 Å². The van der Waals surface area contributed by atoms with Crippen LogP contribution in [0.25, 0.3) is 0 Å². The first-order valence-corrected chi connectivity index (χ1v) is 5.29. The zero-order valence-corrected chi connectivity index (χ0v) is 10.2. The first kappa shape index (κ1) is 13.0. The molecule has 5 heteroatoms. The molecular formula is C11H18O5. The fraction of sp³-hybridized carbons (Fsp3) is 0.818. The van der Waals surface area contributed by atoms with Gasteiger partial charge in [0.25, 0.3) is 5.79 Å². The summed E-state index contributed by atoms with van der Waals surface area (Å²) in [5, 5.41) is 0. The van der Waals surface area contributed by atoms with Crippen LogP contribution < -0.4 is 0 Å². The van der Waals surface area contributed by atoms with Gasteiger partial charge in [-0.2, -0.15) is 0 Å². The molecule has 1 unspecified atom stereocenters. The summed E-state index contributed by atoms with van der Waals surface area (Å²) < 4.78 is 15.1. The van der Waals surface area contributed by atoms with Crippen molar-refractivity contribution in [3.05, 3.63) is 0 Å². The maximum absolute atomic E-state index is 11.9. The summed E-state index contributed by atoms with van der Waals surface area (Å²) in [5.41, 5.74) is -0.586. The number of hydrogen-bond donors (Lipinski definition) is 0. The van der Waals surface area contributed by atoms with Gasteiger partial charge < -0.3 is 14.2 Å². The molecule has 1 rings (SSSR count). The van der Waals surface area contributed by atoms with Gasteiger partial charge in [0.2, 0.25) is 0 Å². The smallest absolute Gasteiger partial charge is 0.314 e. The minimum Gasteiger partial charge on any atom is -0.458 e. The highest BCUT2D eigenvalue weighted by atomic mass is 16.7. The predicted octanol–water partition coefficient (Wildman–Crippen LogP) is 1.26. The summed E-state index contributed by atoms with van der Waals surface area (Å²) in [5.74, 6) is -2.03. The number of carbonyl (C=O) groups excluding carboxylic acids is 2. The number of hydrogen-bond acceptors (Lipinski definition) is 5. The van der Waals surface area contributed by atoms with E-state index in [9.17, 15) is 9.59 Å². The third kappa shape index (κ3) is 2.52. The van der Waals surface area contributed by atoms with Crippen molar-refractivity contribution in [1.29, 1.82) is 0 Å². The fourth-order valence-electron chi connectivity index (χ4n) is 1.20. The van der Waals surface area contributed by atoms with Gasteiger partial charge in [0.05, 0.1) is 5.41 Å². The lowest BCUT2D eigenvalue weighted by molar-refractivity contribution is -0.227. The fourth-order valence-corrected chi connectivity index (χ4v) is 1.20. The minimum atomic E-state index is -1.24. The van der Waals surface area contributed by atoms with Crippen molar-refractivity contribution in [1.82, 2.24) is 0 Å². The molecule has 0 aromatic heterocycles. The highest BCUT2D eigenvalue weighted by Gasteiger charge is 2.46. The Balaban J connectivity index is 2.71. The van der Waals surface area contributed by atoms with Gasteiger partial charge in [0.15, 0.2) is 6.61 Å². The molecule has 1 saturated heterocycles. The summed E-state index contributed by atoms with van der Waals surface area (Å²) in [6.07, 6.45) is 0.607. The molecule has 0 N–H and O–H groups in total. The molecule has 0 amide bonds. The second-order valence-corrected chi connectivity index (χ2v) is 4.58. The third-order valence-corrected chi connectivity index (χ3v) is 2.95. The summed E-state index contributed by atoms with van der Waals surface area (Å²) in [6, 6.07) is 0. The number of carbonyl (C=O) groups is 2. The Labute approximate surface area is 95.0 Å². The van der Waals surface area contributed by atoms with E-state index in [1.807, 2.05) is 6.92 Å². The van der Waals surface area contributed by atoms with Crippen LogP contribution in [0.5, 0.6) is 0 Å². The van der Waals surface area contributed by atoms with Gasteiger partial charge in [-0.25, -0.2) is 0 Å². The zero-order chi connectivity index (χ0) is 12.4. The quantitative estimate of drug-likeness (QED) is 0.537. The molecule has 0 aromatic carbocycles. The number of esters is 2. The van der Waals surface area contributed by atoms with Crippen LogP contribution in [-0.2, 0) is 23.8 Å². The lowest BCUT2D eigenvalue weighted by atomic mass is 9.90. The van der Waals surface area contributed by atoms with Gasteiger partial charge in [0.1, 0.15) is 6.42 Å². The number of rotatable bonds is 4. The molecule has 0 bridgehead atoms. The van der Waals surface area contributed by atoms with Crippen molar-refractivity contribution in [2.45, 2.75) is 39.4 Å². The Kier molecular flexibility index (Phi) is 3.57. The van der Waals surface area contributed by atoms with E-state index in [-0.39, 0.29) is 19.0 Å². The van der Waals surface area contributed by atoms with E-state index in [4.69, 9.17) is 14.2 Å². The molecule has 92 valence electrons. The second-order valence-electron chi connectivity index (χ2n) is 4.58. The van der Waals surface area contributed by atoms with E-state index in [0.29, 0.717) is 6.42 Å². The van der Waals surface area contributed by atoms with E-state index >= 15 is 0 Å². The predicted molar refractivity (Wildman–Crippen MR) is 55.5 cm³/mol. The monoisotopic (exact) mass is 230 g/mol. The second kappa shape index (κ2) is 4.41. The maximum Gasteiger partial charge on any atom is 0.314 e. The molecule has 1 aliphatic rings. The summed E-state index contributed by atoms with van der Waals surface area (Å²) in [7, 11) is 1.40. The SMILES string of the molecule is CCC(C)(C)C(=O)OC1(OC)COC(=O)C1. The number of cyclic esters (lactones) is 1. The van der Waals surface area contributed by atoms with Crippen molar-refractivity contribution in [2.24, 2.45) is 5.41 Å². The molecule has 5 nitrogen and oxygen atoms in total. The Morgan fingerprint density at radius 3 is 2.56 bits per heavy atom. The van der Waals surface area contributed by atoms with Gasteiger partial charge >= 0.3 is 11.9 Å². The van der Waals surface area contributed by atoms with E-state index in [2.05, 4.69) is 0 Å². The standard InChI is InChI=1S/C11H18O5/c1-5-10(2,3)9(13)16-11(14-4)6-8(12)15-7-11/h5-7H2,1-4H3. The molecule has 1 aliphatic heterocycles. The Morgan fingerprint density at radius 1 is 1.56 bits per heavy atom. The number of ether oxygens (including phenoxy) is 3. The maximum atomic E-state index is 11.9. The van der Waals surface area contributed by atoms with Gasteiger partial charge in [-0.05, 0) is 20.3 Å². The van der Waals surface area contributed by atoms with E-state index in [0.717, 1.165) is 0 Å². The molecule has 0 aromatic rings. The van der Waals surface area contributed by atoms with Crippen LogP contribution in [0.4, 0.5) is 0 Å². The van der Waals surface area contributed by atoms with Gasteiger partial charge in [-0.1, -0.05) is 6.92 Å². The van der Waals surface area contributed by atoms with Gasteiger partial charge in [-0.3, -0.25) is 9.59 Å². The molecule has 1 atom stereocenters. The van der Waals surface area contributed by atoms with Crippen LogP contribution in [0.15, 0.2) is 0 Å². The normalized spacial score (nSPS) is 25.4. The van der Waals surface area contributed by atoms with Crippen molar-refractivity contribution < 1.29 is 23.8 Å². The van der Waals surface area contributed by atoms with Crippen LogP contribution in [-0.4, -0.2) is 31.4 Å². The molecule has 16 heavy (non-hydrogen) atoms. The van der Waals surface area contributed by atoms with Crippen LogP contribution in [0.1, 0.15) is 33.6 Å². The van der Waals surface area contributed by atoms with E-state index in [1.165, 1.54) is 7.11 Å². The summed E-state index contributed by atoms with van der Waals surface area (Å²) >= 11 is 0. The largest absolute Gasteiger partial charge is 0.458 e. The minimum absolute atomic E-state index is 0.0339. The molecule has 0 spiro atoms. The first-order valence-electron chi connectivity index (χ1n) is 5.29. The van der Waals surface area contributed by atoms with Crippen LogP contribution in [0.3, 0.4) is 0 Å². The number of methoxy groups -OCH3 is 1. The zero-order valence-electron chi connectivity index (χ0n) is 10.2. The lowest BCUT2D eigenvalue weighted by Gasteiger charge is -2.29. The third-order valence-electron chi connectivity index (χ3n) is 2.95. The molecule has 1 heterocycles. The van der Waals surface area contributed by atoms with Crippen LogP contribution >= 0.6 is 0 Å². The van der Waals surface area contributed by atoms with Crippen LogP contribution in [0, 0.1) is 5.41 Å². The average molecular weight is 230 g/mol. The Hall–Kier alpha value is -1.10. The first-order chi connectivity index (χ1) is 7.35. The molecular weight excluding hydrogens is 212 g/mol. The van der Waals surface area contributed by atoms with Gasteiger partial charge in [0, 0.05) is 7.11 Å². The molecule has 0 aliphatic carbocycles. The van der Waals surface area contributed by atoms with E-state index in [1.54, 1.807) is 13.8 Å².